The van der Waals surface area contributed by atoms with Crippen molar-refractivity contribution in [3.63, 3.8) is 0 Å². The van der Waals surface area contributed by atoms with E-state index in [1.54, 1.807) is 0 Å². The van der Waals surface area contributed by atoms with Gasteiger partial charge in [0.15, 0.2) is 0 Å². The maximum absolute atomic E-state index is 13.1. The molecule has 0 radical (unpaired) electrons. The Labute approximate surface area is 58.7 Å². The maximum Gasteiger partial charge on any atom is 0.138 e. The van der Waals surface area contributed by atoms with E-state index in [1.807, 2.05) is 0 Å². The molecule has 1 aliphatic carbocycles. The van der Waals surface area contributed by atoms with Crippen molar-refractivity contribution in [1.29, 1.82) is 0 Å². The van der Waals surface area contributed by atoms with E-state index in [0.29, 0.717) is 0 Å². The molecule has 0 aliphatic heterocycles. The first-order chi connectivity index (χ1) is 4.57. The van der Waals surface area contributed by atoms with Crippen molar-refractivity contribution in [3.05, 3.63) is 0 Å². The van der Waals surface area contributed by atoms with Gasteiger partial charge in [-0.1, -0.05) is 0 Å². The molecule has 0 aromatic carbocycles. The van der Waals surface area contributed by atoms with Crippen molar-refractivity contribution in [3.8, 4) is 0 Å². The number of alkyl halides is 1. The lowest BCUT2D eigenvalue weighted by Gasteiger charge is -2.13. The molecule has 0 amide bonds. The van der Waals surface area contributed by atoms with Gasteiger partial charge in [-0.3, -0.25) is 0 Å². The molecule has 1 rings (SSSR count). The van der Waals surface area contributed by atoms with Crippen LogP contribution in [0.4, 0.5) is 4.39 Å². The second-order valence-corrected chi connectivity index (χ2v) is 2.95. The molecule has 1 saturated carbocycles. The van der Waals surface area contributed by atoms with Gasteiger partial charge >= 0.3 is 0 Å². The van der Waals surface area contributed by atoms with Crippen molar-refractivity contribution >= 4 is 0 Å². The molecular weight excluding hydrogens is 137 g/mol. The van der Waals surface area contributed by atoms with E-state index in [4.69, 9.17) is 15.9 Å². The smallest absolute Gasteiger partial charge is 0.138 e. The third-order valence-electron chi connectivity index (χ3n) is 1.95. The number of rotatable bonds is 1. The minimum absolute atomic E-state index is 0.0370. The molecule has 4 N–H and O–H groups in total. The van der Waals surface area contributed by atoms with Gasteiger partial charge in [0.2, 0.25) is 0 Å². The van der Waals surface area contributed by atoms with Crippen LogP contribution in [0.5, 0.6) is 0 Å². The number of nitrogens with two attached hydrogens (primary N) is 1. The maximum atomic E-state index is 13.1. The highest BCUT2D eigenvalue weighted by Crippen LogP contribution is 2.32. The fraction of sp³-hybridized carbons (Fsp3) is 1.00. The summed E-state index contributed by atoms with van der Waals surface area (Å²) >= 11 is 0. The lowest BCUT2D eigenvalue weighted by Crippen LogP contribution is -2.29. The molecule has 0 heterocycles. The molecule has 3 nitrogen and oxygen atoms in total. The number of aliphatic hydroxyl groups excluding tert-OH is 2. The summed E-state index contributed by atoms with van der Waals surface area (Å²) in [7, 11) is 0. The van der Waals surface area contributed by atoms with Gasteiger partial charge < -0.3 is 15.9 Å². The lowest BCUT2D eigenvalue weighted by molar-refractivity contribution is 0.0607. The lowest BCUT2D eigenvalue weighted by atomic mass is 10.1. The van der Waals surface area contributed by atoms with Crippen LogP contribution in [0.1, 0.15) is 12.8 Å². The van der Waals surface area contributed by atoms with Crippen LogP contribution in [-0.4, -0.2) is 34.6 Å². The average molecular weight is 149 g/mol. The normalized spacial score (nSPS) is 48.0. The van der Waals surface area contributed by atoms with Crippen molar-refractivity contribution in [2.75, 3.05) is 6.61 Å². The highest BCUT2D eigenvalue weighted by molar-refractivity contribution is 4.96. The van der Waals surface area contributed by atoms with E-state index < -0.39 is 24.4 Å². The molecular formula is C6H12FNO2. The van der Waals surface area contributed by atoms with Crippen LogP contribution in [0.15, 0.2) is 0 Å². The molecule has 4 heteroatoms. The van der Waals surface area contributed by atoms with Crippen LogP contribution in [0.3, 0.4) is 0 Å². The largest absolute Gasteiger partial charge is 0.393 e. The predicted octanol–water partition coefficient (Wildman–Crippen LogP) is -0.831. The van der Waals surface area contributed by atoms with Crippen LogP contribution in [-0.2, 0) is 0 Å². The Balaban J connectivity index is 2.55. The SMILES string of the molecule is NC1C[C@@](F)(CO)CC1O. The average Bonchev–Trinajstić information content (AvgIpc) is 2.10. The molecule has 0 bridgehead atoms. The summed E-state index contributed by atoms with van der Waals surface area (Å²) in [5, 5.41) is 17.5. The van der Waals surface area contributed by atoms with Gasteiger partial charge in [-0.25, -0.2) is 4.39 Å². The molecule has 2 unspecified atom stereocenters. The number of hydrogen-bond acceptors (Lipinski definition) is 3. The minimum atomic E-state index is -1.64. The highest BCUT2D eigenvalue weighted by Gasteiger charge is 2.43. The molecule has 0 aromatic heterocycles. The fourth-order valence-electron chi connectivity index (χ4n) is 1.30. The molecule has 1 aliphatic rings. The Morgan fingerprint density at radius 3 is 2.40 bits per heavy atom. The standard InChI is InChI=1S/C6H12FNO2/c7-6(3-9)1-4(8)5(10)2-6/h4-5,9-10H,1-3,8H2/t4?,5?,6-/m0/s1. The minimum Gasteiger partial charge on any atom is -0.393 e. The Kier molecular flexibility index (Phi) is 1.94. The monoisotopic (exact) mass is 149 g/mol. The highest BCUT2D eigenvalue weighted by atomic mass is 19.1. The molecule has 0 spiro atoms. The molecule has 0 saturated heterocycles. The fourth-order valence-corrected chi connectivity index (χ4v) is 1.30. The number of halogens is 1. The second kappa shape index (κ2) is 2.45. The van der Waals surface area contributed by atoms with Crippen LogP contribution >= 0.6 is 0 Å². The Morgan fingerprint density at radius 2 is 2.20 bits per heavy atom. The van der Waals surface area contributed by atoms with Gasteiger partial charge in [0.1, 0.15) is 5.67 Å². The van der Waals surface area contributed by atoms with Crippen molar-refractivity contribution in [2.45, 2.75) is 30.7 Å². The Bertz CT molecular complexity index is 121. The summed E-state index contributed by atoms with van der Waals surface area (Å²) in [5.41, 5.74) is 3.69. The van der Waals surface area contributed by atoms with E-state index in [2.05, 4.69) is 0 Å². The summed E-state index contributed by atoms with van der Waals surface area (Å²) in [6, 6.07) is -0.517. The van der Waals surface area contributed by atoms with Gasteiger partial charge in [-0.2, -0.15) is 0 Å². The zero-order chi connectivity index (χ0) is 7.78. The van der Waals surface area contributed by atoms with Crippen molar-refractivity contribution in [2.24, 2.45) is 5.73 Å². The summed E-state index contributed by atoms with van der Waals surface area (Å²) in [4.78, 5) is 0. The van der Waals surface area contributed by atoms with Gasteiger partial charge in [0.05, 0.1) is 12.7 Å². The van der Waals surface area contributed by atoms with Crippen LogP contribution in [0.2, 0.25) is 0 Å². The van der Waals surface area contributed by atoms with Gasteiger partial charge in [-0.05, 0) is 0 Å². The first-order valence-corrected chi connectivity index (χ1v) is 3.31. The van der Waals surface area contributed by atoms with Crippen LogP contribution in [0, 0.1) is 0 Å². The predicted molar refractivity (Wildman–Crippen MR) is 34.1 cm³/mol. The third-order valence-corrected chi connectivity index (χ3v) is 1.95. The topological polar surface area (TPSA) is 66.5 Å². The molecule has 10 heavy (non-hydrogen) atoms. The summed E-state index contributed by atoms with van der Waals surface area (Å²) < 4.78 is 13.1. The van der Waals surface area contributed by atoms with Gasteiger partial charge in [0, 0.05) is 18.9 Å². The quantitative estimate of drug-likeness (QED) is 0.456. The molecule has 3 atom stereocenters. The Morgan fingerprint density at radius 1 is 1.60 bits per heavy atom. The van der Waals surface area contributed by atoms with Crippen LogP contribution in [0.25, 0.3) is 0 Å². The van der Waals surface area contributed by atoms with E-state index >= 15 is 0 Å². The summed E-state index contributed by atoms with van der Waals surface area (Å²) in [6.07, 6.45) is -0.771. The Hall–Kier alpha value is -0.190. The molecule has 0 aromatic rings. The van der Waals surface area contributed by atoms with Gasteiger partial charge in [-0.15, -0.1) is 0 Å². The number of aliphatic hydroxyl groups is 2. The zero-order valence-electron chi connectivity index (χ0n) is 5.63. The zero-order valence-corrected chi connectivity index (χ0v) is 5.63. The number of hydrogen-bond donors (Lipinski definition) is 3. The summed E-state index contributed by atoms with van der Waals surface area (Å²) in [6.45, 7) is -0.544. The van der Waals surface area contributed by atoms with E-state index in [1.165, 1.54) is 0 Å². The van der Waals surface area contributed by atoms with E-state index in [9.17, 15) is 4.39 Å². The van der Waals surface area contributed by atoms with Gasteiger partial charge in [0.25, 0.3) is 0 Å². The molecule has 60 valence electrons. The summed E-state index contributed by atoms with van der Waals surface area (Å²) in [5.74, 6) is 0. The first kappa shape index (κ1) is 7.91. The van der Waals surface area contributed by atoms with Crippen molar-refractivity contribution in [1.82, 2.24) is 0 Å². The molecule has 1 fully saturated rings. The third kappa shape index (κ3) is 1.28. The van der Waals surface area contributed by atoms with Crippen molar-refractivity contribution < 1.29 is 14.6 Å². The second-order valence-electron chi connectivity index (χ2n) is 2.95. The van der Waals surface area contributed by atoms with E-state index in [0.717, 1.165) is 0 Å². The first-order valence-electron chi connectivity index (χ1n) is 3.31. The van der Waals surface area contributed by atoms with Crippen LogP contribution < -0.4 is 5.73 Å². The van der Waals surface area contributed by atoms with E-state index in [-0.39, 0.29) is 12.8 Å².